The van der Waals surface area contributed by atoms with Gasteiger partial charge < -0.3 is 14.2 Å². The van der Waals surface area contributed by atoms with Gasteiger partial charge in [0.05, 0.1) is 30.1 Å². The lowest BCUT2D eigenvalue weighted by Crippen LogP contribution is -2.57. The maximum absolute atomic E-state index is 14.4. The lowest BCUT2D eigenvalue weighted by Gasteiger charge is -2.38. The molecule has 0 fully saturated rings. The minimum Gasteiger partial charge on any atom is -0.462 e. The van der Waals surface area contributed by atoms with Crippen molar-refractivity contribution in [1.82, 2.24) is 15.0 Å². The number of para-hydroxylation sites is 1. The summed E-state index contributed by atoms with van der Waals surface area (Å²) in [4.78, 5) is 12.5. The van der Waals surface area contributed by atoms with Crippen LogP contribution in [0.1, 0.15) is 18.2 Å². The first-order valence-corrected chi connectivity index (χ1v) is 10.3. The highest BCUT2D eigenvalue weighted by Gasteiger charge is 2.65. The van der Waals surface area contributed by atoms with E-state index in [9.17, 15) is 22.4 Å². The van der Waals surface area contributed by atoms with E-state index in [0.29, 0.717) is 5.69 Å². The van der Waals surface area contributed by atoms with E-state index in [2.05, 4.69) is 10.3 Å². The van der Waals surface area contributed by atoms with Gasteiger partial charge in [-0.05, 0) is 37.3 Å². The molecule has 0 aliphatic carbocycles. The summed E-state index contributed by atoms with van der Waals surface area (Å²) in [6, 6.07) is 9.64. The number of alkyl halides is 3. The van der Waals surface area contributed by atoms with Crippen molar-refractivity contribution in [2.75, 3.05) is 6.61 Å². The van der Waals surface area contributed by atoms with Crippen LogP contribution in [0, 0.1) is 5.82 Å². The summed E-state index contributed by atoms with van der Waals surface area (Å²) in [6.07, 6.45) is -2.86. The molecular formula is C22H16ClF4N3O4. The van der Waals surface area contributed by atoms with Crippen LogP contribution >= 0.6 is 11.6 Å². The third-order valence-electron chi connectivity index (χ3n) is 4.83. The molecule has 0 saturated heterocycles. The second-order valence-corrected chi connectivity index (χ2v) is 7.48. The molecule has 7 nitrogen and oxygen atoms in total. The van der Waals surface area contributed by atoms with Crippen molar-refractivity contribution in [3.63, 3.8) is 0 Å². The molecule has 1 atom stereocenters. The van der Waals surface area contributed by atoms with E-state index in [4.69, 9.17) is 25.8 Å². The molecule has 1 aliphatic rings. The number of carbonyl (C=O) groups excluding carboxylic acids is 1. The summed E-state index contributed by atoms with van der Waals surface area (Å²) in [7, 11) is 0. The molecule has 12 heteroatoms. The zero-order valence-corrected chi connectivity index (χ0v) is 18.2. The summed E-state index contributed by atoms with van der Waals surface area (Å²) in [5.74, 6) is -5.46. The standard InChI is InChI=1S/C22H16ClF4N3O4/c1-2-32-20(31)16-9-13-5-3-4-6-19(13)34-21(16,22(25,26)27)33-12-14-11-30(29-28-14)15-7-8-18(24)17(23)10-15/h3-11H,2,12H2,1H3. The lowest BCUT2D eigenvalue weighted by molar-refractivity contribution is -0.338. The second-order valence-electron chi connectivity index (χ2n) is 7.07. The van der Waals surface area contributed by atoms with Crippen molar-refractivity contribution in [2.24, 2.45) is 0 Å². The van der Waals surface area contributed by atoms with Gasteiger partial charge >= 0.3 is 17.9 Å². The Morgan fingerprint density at radius 2 is 2.00 bits per heavy atom. The third-order valence-corrected chi connectivity index (χ3v) is 5.12. The Kier molecular flexibility index (Phi) is 6.32. The van der Waals surface area contributed by atoms with Crippen molar-refractivity contribution in [3.8, 4) is 11.4 Å². The predicted molar refractivity (Wildman–Crippen MR) is 112 cm³/mol. The molecule has 3 aromatic rings. The van der Waals surface area contributed by atoms with Crippen LogP contribution in [-0.2, 0) is 20.9 Å². The first-order valence-electron chi connectivity index (χ1n) is 9.89. The largest absolute Gasteiger partial charge is 0.462 e. The van der Waals surface area contributed by atoms with Crippen molar-refractivity contribution >= 4 is 23.6 Å². The molecule has 0 bridgehead atoms. The number of ether oxygens (including phenoxy) is 3. The van der Waals surface area contributed by atoms with E-state index in [-0.39, 0.29) is 28.6 Å². The number of nitrogens with zero attached hydrogens (tertiary/aromatic N) is 3. The number of carbonyl (C=O) groups is 1. The van der Waals surface area contributed by atoms with Gasteiger partial charge in [-0.25, -0.2) is 13.9 Å². The number of hydrogen-bond donors (Lipinski definition) is 0. The maximum Gasteiger partial charge on any atom is 0.460 e. The summed E-state index contributed by atoms with van der Waals surface area (Å²) in [6.45, 7) is 0.583. The number of aromatic nitrogens is 3. The zero-order chi connectivity index (χ0) is 24.5. The Balaban J connectivity index is 1.68. The van der Waals surface area contributed by atoms with Crippen LogP contribution in [0.4, 0.5) is 17.6 Å². The van der Waals surface area contributed by atoms with Gasteiger partial charge in [0.2, 0.25) is 0 Å². The minimum atomic E-state index is -5.17. The Morgan fingerprint density at radius 3 is 2.71 bits per heavy atom. The molecular weight excluding hydrogens is 482 g/mol. The first kappa shape index (κ1) is 23.7. The smallest absolute Gasteiger partial charge is 0.460 e. The summed E-state index contributed by atoms with van der Waals surface area (Å²) < 4.78 is 73.2. The molecule has 0 saturated carbocycles. The van der Waals surface area contributed by atoms with E-state index < -0.39 is 35.9 Å². The molecule has 178 valence electrons. The summed E-state index contributed by atoms with van der Waals surface area (Å²) in [5, 5.41) is 7.42. The highest BCUT2D eigenvalue weighted by atomic mass is 35.5. The van der Waals surface area contributed by atoms with Crippen molar-refractivity contribution < 1.29 is 36.6 Å². The van der Waals surface area contributed by atoms with E-state index in [1.165, 1.54) is 48.1 Å². The highest BCUT2D eigenvalue weighted by Crippen LogP contribution is 2.46. The van der Waals surface area contributed by atoms with E-state index in [0.717, 1.165) is 12.1 Å². The Morgan fingerprint density at radius 1 is 1.24 bits per heavy atom. The van der Waals surface area contributed by atoms with Crippen LogP contribution in [0.15, 0.2) is 54.2 Å². The van der Waals surface area contributed by atoms with Crippen LogP contribution in [0.3, 0.4) is 0 Å². The van der Waals surface area contributed by atoms with Crippen LogP contribution in [0.5, 0.6) is 5.75 Å². The maximum atomic E-state index is 14.4. The first-order chi connectivity index (χ1) is 16.1. The zero-order valence-electron chi connectivity index (χ0n) is 17.5. The normalized spacial score (nSPS) is 17.5. The van der Waals surface area contributed by atoms with Gasteiger partial charge in [-0.15, -0.1) is 5.10 Å². The molecule has 0 radical (unpaired) electrons. The molecule has 2 heterocycles. The Bertz CT molecular complexity index is 1260. The number of fused-ring (bicyclic) bond motifs is 1. The number of benzene rings is 2. The molecule has 0 spiro atoms. The summed E-state index contributed by atoms with van der Waals surface area (Å²) >= 11 is 5.76. The highest BCUT2D eigenvalue weighted by molar-refractivity contribution is 6.30. The van der Waals surface area contributed by atoms with Gasteiger partial charge in [0.15, 0.2) is 0 Å². The average molecular weight is 498 g/mol. The predicted octanol–water partition coefficient (Wildman–Crippen LogP) is 4.87. The molecule has 0 N–H and O–H groups in total. The number of esters is 1. The molecule has 0 amide bonds. The van der Waals surface area contributed by atoms with Crippen molar-refractivity contribution in [3.05, 3.63) is 76.3 Å². The number of hydrogen-bond acceptors (Lipinski definition) is 6. The SMILES string of the molecule is CCOC(=O)C1=Cc2ccccc2OC1(OCc1cn(-c2ccc(F)c(Cl)c2)nn1)C(F)(F)F. The molecule has 1 aromatic heterocycles. The van der Waals surface area contributed by atoms with Crippen LogP contribution in [0.25, 0.3) is 11.8 Å². The van der Waals surface area contributed by atoms with Crippen LogP contribution < -0.4 is 4.74 Å². The average Bonchev–Trinajstić information content (AvgIpc) is 3.27. The fraction of sp³-hybridized carbons (Fsp3) is 0.227. The monoisotopic (exact) mass is 497 g/mol. The second kappa shape index (κ2) is 9.07. The quantitative estimate of drug-likeness (QED) is 0.357. The van der Waals surface area contributed by atoms with E-state index in [1.54, 1.807) is 6.07 Å². The van der Waals surface area contributed by atoms with Gasteiger partial charge in [-0.3, -0.25) is 0 Å². The van der Waals surface area contributed by atoms with Gasteiger partial charge in [0.1, 0.15) is 22.8 Å². The molecule has 2 aromatic carbocycles. The molecule has 4 rings (SSSR count). The number of halogens is 5. The van der Waals surface area contributed by atoms with Gasteiger partial charge in [-0.1, -0.05) is 35.0 Å². The summed E-state index contributed by atoms with van der Waals surface area (Å²) in [5.41, 5.74) is -0.299. The number of rotatable bonds is 6. The van der Waals surface area contributed by atoms with Gasteiger partial charge in [-0.2, -0.15) is 13.2 Å². The fourth-order valence-electron chi connectivity index (χ4n) is 3.25. The van der Waals surface area contributed by atoms with Crippen LogP contribution in [-0.4, -0.2) is 39.5 Å². The third kappa shape index (κ3) is 4.36. The van der Waals surface area contributed by atoms with Crippen LogP contribution in [0.2, 0.25) is 5.02 Å². The topological polar surface area (TPSA) is 75.5 Å². The van der Waals surface area contributed by atoms with E-state index in [1.807, 2.05) is 0 Å². The molecule has 34 heavy (non-hydrogen) atoms. The fourth-order valence-corrected chi connectivity index (χ4v) is 3.42. The Labute approximate surface area is 195 Å². The Hall–Kier alpha value is -3.44. The lowest BCUT2D eigenvalue weighted by atomic mass is 9.97. The minimum absolute atomic E-state index is 0.0188. The molecule has 1 aliphatic heterocycles. The van der Waals surface area contributed by atoms with Crippen molar-refractivity contribution in [2.45, 2.75) is 25.5 Å². The van der Waals surface area contributed by atoms with E-state index >= 15 is 0 Å². The van der Waals surface area contributed by atoms with Gasteiger partial charge in [0.25, 0.3) is 0 Å². The van der Waals surface area contributed by atoms with Crippen molar-refractivity contribution in [1.29, 1.82) is 0 Å². The molecule has 1 unspecified atom stereocenters. The van der Waals surface area contributed by atoms with Gasteiger partial charge in [0, 0.05) is 5.56 Å².